The van der Waals surface area contributed by atoms with E-state index in [1.165, 1.54) is 0 Å². The van der Waals surface area contributed by atoms with E-state index in [4.69, 9.17) is 4.98 Å². The van der Waals surface area contributed by atoms with Gasteiger partial charge in [0.25, 0.3) is 5.91 Å². The Morgan fingerprint density at radius 1 is 1.10 bits per heavy atom. The smallest absolute Gasteiger partial charge is 0.260 e. The van der Waals surface area contributed by atoms with Crippen LogP contribution in [0.1, 0.15) is 29.8 Å². The van der Waals surface area contributed by atoms with Crippen LogP contribution in [0.25, 0.3) is 10.2 Å². The molecule has 1 amide bonds. The van der Waals surface area contributed by atoms with E-state index in [1.807, 2.05) is 36.1 Å². The van der Waals surface area contributed by atoms with Crippen LogP contribution in [0.15, 0.2) is 47.4 Å². The summed E-state index contributed by atoms with van der Waals surface area (Å²) in [6.45, 7) is 9.72. The summed E-state index contributed by atoms with van der Waals surface area (Å²) in [6, 6.07) is 14.0. The molecule has 0 saturated heterocycles. The third-order valence-corrected chi connectivity index (χ3v) is 6.68. The number of benzene rings is 2. The van der Waals surface area contributed by atoms with Gasteiger partial charge in [-0.3, -0.25) is 9.69 Å². The molecule has 3 rings (SSSR count). The van der Waals surface area contributed by atoms with Crippen LogP contribution in [0, 0.1) is 6.92 Å². The number of hydrogen-bond acceptors (Lipinski definition) is 5. The molecule has 0 aliphatic heterocycles. The van der Waals surface area contributed by atoms with Crippen molar-refractivity contribution in [1.82, 2.24) is 9.88 Å². The molecule has 7 heteroatoms. The Morgan fingerprint density at radius 2 is 1.83 bits per heavy atom. The van der Waals surface area contributed by atoms with Gasteiger partial charge in [-0.1, -0.05) is 48.9 Å². The number of aromatic nitrogens is 1. The van der Waals surface area contributed by atoms with E-state index in [1.54, 1.807) is 23.1 Å². The van der Waals surface area contributed by atoms with Crippen molar-refractivity contribution >= 4 is 56.8 Å². The number of amides is 1. The molecule has 0 unspecified atom stereocenters. The number of fused-ring (bicyclic) bond motifs is 1. The lowest BCUT2D eigenvalue weighted by atomic mass is 10.1. The average molecular weight is 450 g/mol. The van der Waals surface area contributed by atoms with Gasteiger partial charge in [0.1, 0.15) is 0 Å². The maximum absolute atomic E-state index is 13.4. The number of halogens is 1. The number of likely N-dealkylation sites (N-methyl/N-ethyl adjacent to an activating group) is 1. The zero-order valence-corrected chi connectivity index (χ0v) is 19.8. The second kappa shape index (κ2) is 11.0. The Kier molecular flexibility index (Phi) is 8.96. The molecule has 0 bridgehead atoms. The molecule has 0 fully saturated rings. The summed E-state index contributed by atoms with van der Waals surface area (Å²) in [5.41, 5.74) is 2.78. The van der Waals surface area contributed by atoms with Crippen LogP contribution in [0.4, 0.5) is 5.13 Å². The van der Waals surface area contributed by atoms with Crippen molar-refractivity contribution in [2.75, 3.05) is 37.3 Å². The number of aryl methyl sites for hydroxylation is 1. The molecule has 0 atom stereocenters. The number of carbonyl (C=O) groups is 1. The molecule has 156 valence electrons. The lowest BCUT2D eigenvalue weighted by molar-refractivity contribution is 0.0983. The summed E-state index contributed by atoms with van der Waals surface area (Å²) in [5.74, 6) is 0.0145. The number of para-hydroxylation sites is 1. The van der Waals surface area contributed by atoms with Crippen LogP contribution < -0.4 is 4.90 Å². The number of carbonyl (C=O) groups excluding carboxylic acids is 1. The van der Waals surface area contributed by atoms with Crippen LogP contribution >= 0.6 is 35.5 Å². The maximum Gasteiger partial charge on any atom is 0.260 e. The van der Waals surface area contributed by atoms with Crippen molar-refractivity contribution < 1.29 is 4.79 Å². The minimum Gasteiger partial charge on any atom is -0.302 e. The highest BCUT2D eigenvalue weighted by Gasteiger charge is 2.22. The van der Waals surface area contributed by atoms with Crippen LogP contribution in [0.3, 0.4) is 0 Å². The number of thiazole rings is 1. The highest BCUT2D eigenvalue weighted by Crippen LogP contribution is 2.34. The zero-order chi connectivity index (χ0) is 20.1. The van der Waals surface area contributed by atoms with E-state index in [-0.39, 0.29) is 18.3 Å². The van der Waals surface area contributed by atoms with Crippen LogP contribution in [-0.4, -0.2) is 48.2 Å². The van der Waals surface area contributed by atoms with Gasteiger partial charge in [0.2, 0.25) is 0 Å². The summed E-state index contributed by atoms with van der Waals surface area (Å²) in [6.07, 6.45) is 2.06. The first-order valence-corrected chi connectivity index (χ1v) is 11.7. The molecule has 0 radical (unpaired) electrons. The van der Waals surface area contributed by atoms with Gasteiger partial charge in [0.15, 0.2) is 5.13 Å². The van der Waals surface area contributed by atoms with E-state index >= 15 is 0 Å². The minimum absolute atomic E-state index is 0. The number of thioether (sulfide) groups is 1. The van der Waals surface area contributed by atoms with Gasteiger partial charge in [-0.05, 0) is 50.5 Å². The summed E-state index contributed by atoms with van der Waals surface area (Å²) in [4.78, 5) is 23.6. The number of nitrogens with zero attached hydrogens (tertiary/aromatic N) is 3. The van der Waals surface area contributed by atoms with Gasteiger partial charge < -0.3 is 4.90 Å². The Hall–Kier alpha value is -1.60. The second-order valence-corrected chi connectivity index (χ2v) is 8.51. The Labute approximate surface area is 187 Å². The van der Waals surface area contributed by atoms with Crippen molar-refractivity contribution in [3.63, 3.8) is 0 Å². The first kappa shape index (κ1) is 23.7. The maximum atomic E-state index is 13.4. The molecule has 1 heterocycles. The molecule has 0 aliphatic rings. The standard InChI is InChI=1S/C22H27N3OS2.ClH/c1-5-24(6-2)13-14-25(21(26)17-10-7-9-16(3)15-17)22-23-20-18(27-4)11-8-12-19(20)28-22;/h7-12,15H,5-6,13-14H2,1-4H3;1H. The summed E-state index contributed by atoms with van der Waals surface area (Å²) in [7, 11) is 0. The van der Waals surface area contributed by atoms with Crippen molar-refractivity contribution in [2.45, 2.75) is 25.7 Å². The van der Waals surface area contributed by atoms with Gasteiger partial charge in [-0.15, -0.1) is 24.2 Å². The lowest BCUT2D eigenvalue weighted by Gasteiger charge is -2.24. The molecule has 29 heavy (non-hydrogen) atoms. The van der Waals surface area contributed by atoms with E-state index in [0.29, 0.717) is 12.1 Å². The van der Waals surface area contributed by atoms with E-state index in [2.05, 4.69) is 43.2 Å². The van der Waals surface area contributed by atoms with Crippen molar-refractivity contribution in [3.05, 3.63) is 53.6 Å². The quantitative estimate of drug-likeness (QED) is 0.411. The van der Waals surface area contributed by atoms with Gasteiger partial charge in [-0.2, -0.15) is 0 Å². The fraction of sp³-hybridized carbons (Fsp3) is 0.364. The number of hydrogen-bond donors (Lipinski definition) is 0. The normalized spacial score (nSPS) is 10.9. The largest absolute Gasteiger partial charge is 0.302 e. The highest BCUT2D eigenvalue weighted by molar-refractivity contribution is 7.98. The summed E-state index contributed by atoms with van der Waals surface area (Å²) < 4.78 is 1.12. The molecular formula is C22H28ClN3OS2. The fourth-order valence-electron chi connectivity index (χ4n) is 3.19. The molecule has 0 aliphatic carbocycles. The third kappa shape index (κ3) is 5.51. The highest BCUT2D eigenvalue weighted by atomic mass is 35.5. The predicted molar refractivity (Wildman–Crippen MR) is 129 cm³/mol. The van der Waals surface area contributed by atoms with Gasteiger partial charge in [0, 0.05) is 23.5 Å². The molecule has 1 aromatic heterocycles. The second-order valence-electron chi connectivity index (χ2n) is 6.66. The van der Waals surface area contributed by atoms with Crippen LogP contribution in [-0.2, 0) is 0 Å². The first-order chi connectivity index (χ1) is 13.6. The zero-order valence-electron chi connectivity index (χ0n) is 17.3. The average Bonchev–Trinajstić information content (AvgIpc) is 3.14. The third-order valence-electron chi connectivity index (χ3n) is 4.87. The molecule has 4 nitrogen and oxygen atoms in total. The monoisotopic (exact) mass is 449 g/mol. The van der Waals surface area contributed by atoms with Crippen LogP contribution in [0.5, 0.6) is 0 Å². The molecule has 3 aromatic rings. The lowest BCUT2D eigenvalue weighted by Crippen LogP contribution is -2.38. The predicted octanol–water partition coefficient (Wildman–Crippen LogP) is 5.74. The Bertz CT molecular complexity index is 956. The van der Waals surface area contributed by atoms with Crippen molar-refractivity contribution in [2.24, 2.45) is 0 Å². The van der Waals surface area contributed by atoms with Gasteiger partial charge >= 0.3 is 0 Å². The number of anilines is 1. The summed E-state index contributed by atoms with van der Waals surface area (Å²) >= 11 is 3.28. The summed E-state index contributed by atoms with van der Waals surface area (Å²) in [5, 5.41) is 0.773. The molecular weight excluding hydrogens is 422 g/mol. The topological polar surface area (TPSA) is 36.4 Å². The van der Waals surface area contributed by atoms with Crippen LogP contribution in [0.2, 0.25) is 0 Å². The number of rotatable bonds is 8. The molecule has 0 saturated carbocycles. The first-order valence-electron chi connectivity index (χ1n) is 9.61. The SMILES string of the molecule is CCN(CC)CCN(C(=O)c1cccc(C)c1)c1nc2c(SC)cccc2s1.Cl. The minimum atomic E-state index is 0. The Balaban J connectivity index is 0.00000300. The molecule has 2 aromatic carbocycles. The van der Waals surface area contributed by atoms with E-state index in [9.17, 15) is 4.79 Å². The molecule has 0 spiro atoms. The van der Waals surface area contributed by atoms with Gasteiger partial charge in [-0.25, -0.2) is 4.98 Å². The molecule has 0 N–H and O–H groups in total. The van der Waals surface area contributed by atoms with E-state index < -0.39 is 0 Å². The van der Waals surface area contributed by atoms with Crippen molar-refractivity contribution in [1.29, 1.82) is 0 Å². The van der Waals surface area contributed by atoms with E-state index in [0.717, 1.165) is 45.4 Å². The fourth-order valence-corrected chi connectivity index (χ4v) is 4.84. The Morgan fingerprint density at radius 3 is 2.48 bits per heavy atom. The van der Waals surface area contributed by atoms with Crippen molar-refractivity contribution in [3.8, 4) is 0 Å². The van der Waals surface area contributed by atoms with Gasteiger partial charge in [0.05, 0.1) is 10.2 Å².